The molecule has 0 heterocycles. The van der Waals surface area contributed by atoms with Gasteiger partial charge in [-0.2, -0.15) is 0 Å². The third kappa shape index (κ3) is 4.49. The Morgan fingerprint density at radius 3 is 2.04 bits per heavy atom. The summed E-state index contributed by atoms with van der Waals surface area (Å²) in [7, 11) is 6.72. The van der Waals surface area contributed by atoms with Gasteiger partial charge in [0.2, 0.25) is 0 Å². The van der Waals surface area contributed by atoms with Crippen molar-refractivity contribution in [1.82, 2.24) is 4.90 Å². The standard InChI is InChI=1S/C19H23NO4/c1-20(2)18(19(21)23-4)15-7-11-17(12-8-15)24-13-14-5-9-16(22-3)10-6-14/h5-12,18H,13H2,1-4H3. The van der Waals surface area contributed by atoms with Crippen molar-refractivity contribution < 1.29 is 19.0 Å². The average Bonchev–Trinajstić information content (AvgIpc) is 2.61. The minimum Gasteiger partial charge on any atom is -0.497 e. The van der Waals surface area contributed by atoms with Crippen LogP contribution in [-0.4, -0.2) is 39.2 Å². The molecule has 128 valence electrons. The minimum absolute atomic E-state index is 0.285. The van der Waals surface area contributed by atoms with Crippen molar-refractivity contribution in [2.45, 2.75) is 12.6 Å². The molecule has 0 aromatic heterocycles. The molecule has 0 fully saturated rings. The molecule has 0 bridgehead atoms. The number of rotatable bonds is 7. The average molecular weight is 329 g/mol. The van der Waals surface area contributed by atoms with Crippen LogP contribution in [0.25, 0.3) is 0 Å². The Morgan fingerprint density at radius 2 is 1.54 bits per heavy atom. The molecule has 2 aromatic carbocycles. The summed E-state index contributed by atoms with van der Waals surface area (Å²) in [6.07, 6.45) is 0. The van der Waals surface area contributed by atoms with Crippen LogP contribution in [0.2, 0.25) is 0 Å². The van der Waals surface area contributed by atoms with E-state index in [4.69, 9.17) is 14.2 Å². The van der Waals surface area contributed by atoms with Gasteiger partial charge in [0.05, 0.1) is 14.2 Å². The number of hydrogen-bond acceptors (Lipinski definition) is 5. The van der Waals surface area contributed by atoms with Crippen molar-refractivity contribution in [3.05, 3.63) is 59.7 Å². The lowest BCUT2D eigenvalue weighted by Gasteiger charge is -2.22. The van der Waals surface area contributed by atoms with E-state index >= 15 is 0 Å². The van der Waals surface area contributed by atoms with Crippen LogP contribution in [0.15, 0.2) is 48.5 Å². The Morgan fingerprint density at radius 1 is 0.958 bits per heavy atom. The topological polar surface area (TPSA) is 48.0 Å². The van der Waals surface area contributed by atoms with Gasteiger partial charge in [-0.3, -0.25) is 4.90 Å². The molecule has 0 N–H and O–H groups in total. The molecule has 1 atom stereocenters. The van der Waals surface area contributed by atoms with E-state index in [0.29, 0.717) is 6.61 Å². The van der Waals surface area contributed by atoms with E-state index in [2.05, 4.69) is 0 Å². The summed E-state index contributed by atoms with van der Waals surface area (Å²) in [4.78, 5) is 13.7. The lowest BCUT2D eigenvalue weighted by Crippen LogP contribution is -2.28. The molecule has 0 aliphatic carbocycles. The van der Waals surface area contributed by atoms with Crippen LogP contribution in [0.3, 0.4) is 0 Å². The second-order valence-corrected chi connectivity index (χ2v) is 5.60. The van der Waals surface area contributed by atoms with Gasteiger partial charge in [0.15, 0.2) is 0 Å². The number of hydrogen-bond donors (Lipinski definition) is 0. The maximum atomic E-state index is 11.9. The van der Waals surface area contributed by atoms with E-state index in [0.717, 1.165) is 22.6 Å². The molecule has 5 nitrogen and oxygen atoms in total. The molecule has 0 radical (unpaired) electrons. The largest absolute Gasteiger partial charge is 0.497 e. The van der Waals surface area contributed by atoms with Gasteiger partial charge in [-0.1, -0.05) is 24.3 Å². The van der Waals surface area contributed by atoms with Gasteiger partial charge in [-0.25, -0.2) is 4.79 Å². The molecule has 5 heteroatoms. The highest BCUT2D eigenvalue weighted by Crippen LogP contribution is 2.23. The number of benzene rings is 2. The molecule has 0 spiro atoms. The van der Waals surface area contributed by atoms with Gasteiger partial charge in [0.25, 0.3) is 0 Å². The van der Waals surface area contributed by atoms with Crippen molar-refractivity contribution in [3.63, 3.8) is 0 Å². The fourth-order valence-corrected chi connectivity index (χ4v) is 2.39. The maximum absolute atomic E-state index is 11.9. The molecule has 1 unspecified atom stereocenters. The Hall–Kier alpha value is -2.53. The molecule has 2 rings (SSSR count). The number of likely N-dealkylation sites (N-methyl/N-ethyl adjacent to an activating group) is 1. The lowest BCUT2D eigenvalue weighted by atomic mass is 10.1. The number of methoxy groups -OCH3 is 2. The monoisotopic (exact) mass is 329 g/mol. The Balaban J connectivity index is 2.01. The minimum atomic E-state index is -0.425. The highest BCUT2D eigenvalue weighted by molar-refractivity contribution is 5.77. The first kappa shape index (κ1) is 17.8. The molecule has 24 heavy (non-hydrogen) atoms. The summed E-state index contributed by atoms with van der Waals surface area (Å²) in [6, 6.07) is 14.8. The van der Waals surface area contributed by atoms with E-state index in [9.17, 15) is 4.79 Å². The number of carbonyl (C=O) groups excluding carboxylic acids is 1. The first-order valence-electron chi connectivity index (χ1n) is 7.65. The summed E-state index contributed by atoms with van der Waals surface area (Å²) >= 11 is 0. The fourth-order valence-electron chi connectivity index (χ4n) is 2.39. The van der Waals surface area contributed by atoms with E-state index < -0.39 is 6.04 Å². The van der Waals surface area contributed by atoms with Gasteiger partial charge in [-0.05, 0) is 49.5 Å². The van der Waals surface area contributed by atoms with Gasteiger partial charge in [0.1, 0.15) is 24.1 Å². The van der Waals surface area contributed by atoms with Crippen LogP contribution in [0.1, 0.15) is 17.2 Å². The normalized spacial score (nSPS) is 11.9. The molecule has 0 saturated carbocycles. The Bertz CT molecular complexity index is 650. The Labute approximate surface area is 142 Å². The fraction of sp³-hybridized carbons (Fsp3) is 0.316. The van der Waals surface area contributed by atoms with Gasteiger partial charge in [0, 0.05) is 0 Å². The van der Waals surface area contributed by atoms with Crippen molar-refractivity contribution in [2.24, 2.45) is 0 Å². The van der Waals surface area contributed by atoms with Crippen LogP contribution < -0.4 is 9.47 Å². The zero-order valence-electron chi connectivity index (χ0n) is 14.5. The van der Waals surface area contributed by atoms with Crippen LogP contribution in [0.5, 0.6) is 11.5 Å². The first-order chi connectivity index (χ1) is 11.5. The van der Waals surface area contributed by atoms with E-state index in [1.165, 1.54) is 7.11 Å². The summed E-state index contributed by atoms with van der Waals surface area (Å²) in [6.45, 7) is 0.470. The zero-order chi connectivity index (χ0) is 17.5. The summed E-state index contributed by atoms with van der Waals surface area (Å²) in [5, 5.41) is 0. The molecule has 0 saturated heterocycles. The number of esters is 1. The van der Waals surface area contributed by atoms with E-state index in [1.807, 2.05) is 67.5 Å². The molecule has 0 aliphatic heterocycles. The summed E-state index contributed by atoms with van der Waals surface area (Å²) in [5.74, 6) is 1.28. The number of ether oxygens (including phenoxy) is 3. The quantitative estimate of drug-likeness (QED) is 0.731. The predicted octanol–water partition coefficient (Wildman–Crippen LogP) is 3.05. The third-order valence-corrected chi connectivity index (χ3v) is 3.70. The van der Waals surface area contributed by atoms with Gasteiger partial charge < -0.3 is 14.2 Å². The predicted molar refractivity (Wildman–Crippen MR) is 92.2 cm³/mol. The second-order valence-electron chi connectivity index (χ2n) is 5.60. The van der Waals surface area contributed by atoms with Crippen LogP contribution in [-0.2, 0) is 16.1 Å². The van der Waals surface area contributed by atoms with Gasteiger partial charge >= 0.3 is 5.97 Å². The van der Waals surface area contributed by atoms with E-state index in [1.54, 1.807) is 7.11 Å². The van der Waals surface area contributed by atoms with Crippen molar-refractivity contribution in [1.29, 1.82) is 0 Å². The van der Waals surface area contributed by atoms with Gasteiger partial charge in [-0.15, -0.1) is 0 Å². The zero-order valence-corrected chi connectivity index (χ0v) is 14.5. The van der Waals surface area contributed by atoms with Crippen molar-refractivity contribution in [2.75, 3.05) is 28.3 Å². The van der Waals surface area contributed by atoms with Crippen molar-refractivity contribution >= 4 is 5.97 Å². The molecule has 0 aliphatic rings. The lowest BCUT2D eigenvalue weighted by molar-refractivity contribution is -0.146. The molecule has 2 aromatic rings. The smallest absolute Gasteiger partial charge is 0.327 e. The van der Waals surface area contributed by atoms with E-state index in [-0.39, 0.29) is 5.97 Å². The highest BCUT2D eigenvalue weighted by atomic mass is 16.5. The first-order valence-corrected chi connectivity index (χ1v) is 7.65. The van der Waals surface area contributed by atoms with Crippen LogP contribution >= 0.6 is 0 Å². The van der Waals surface area contributed by atoms with Crippen molar-refractivity contribution in [3.8, 4) is 11.5 Å². The Kier molecular flexibility index (Phi) is 6.21. The number of nitrogens with zero attached hydrogens (tertiary/aromatic N) is 1. The third-order valence-electron chi connectivity index (χ3n) is 3.70. The number of carbonyl (C=O) groups is 1. The second kappa shape index (κ2) is 8.36. The molecular formula is C19H23NO4. The summed E-state index contributed by atoms with van der Waals surface area (Å²) in [5.41, 5.74) is 1.92. The molecular weight excluding hydrogens is 306 g/mol. The SMILES string of the molecule is COC(=O)C(c1ccc(OCc2ccc(OC)cc2)cc1)N(C)C. The summed E-state index contributed by atoms with van der Waals surface area (Å²) < 4.78 is 15.8. The maximum Gasteiger partial charge on any atom is 0.327 e. The highest BCUT2D eigenvalue weighted by Gasteiger charge is 2.23. The van der Waals surface area contributed by atoms with Crippen LogP contribution in [0.4, 0.5) is 0 Å². The van der Waals surface area contributed by atoms with Crippen LogP contribution in [0, 0.1) is 0 Å². The molecule has 0 amide bonds.